The van der Waals surface area contributed by atoms with Crippen LogP contribution in [-0.2, 0) is 19.1 Å². The van der Waals surface area contributed by atoms with Gasteiger partial charge in [-0.3, -0.25) is 9.59 Å². The van der Waals surface area contributed by atoms with E-state index in [1.54, 1.807) is 6.92 Å². The number of ether oxygens (including phenoxy) is 2. The van der Waals surface area contributed by atoms with Gasteiger partial charge in [-0.25, -0.2) is 4.79 Å². The van der Waals surface area contributed by atoms with Crippen LogP contribution in [0.15, 0.2) is 0 Å². The fraction of sp³-hybridized carbons (Fsp3) is 0.700. The van der Waals surface area contributed by atoms with Crippen molar-refractivity contribution in [3.05, 3.63) is 0 Å². The number of aliphatic carboxylic acids is 1. The maximum atomic E-state index is 11.4. The standard InChI is InChI=1S/C10H17NO6S/c1-4-6(12)16-5-17-9(15)18-10(2,3)7(11)8(13)14/h7H,4-5,11H2,1-3H3,(H,13,14)/t7-/m0/s1. The highest BCUT2D eigenvalue weighted by molar-refractivity contribution is 8.14. The summed E-state index contributed by atoms with van der Waals surface area (Å²) in [4.78, 5) is 32.8. The number of hydrogen-bond donors (Lipinski definition) is 2. The topological polar surface area (TPSA) is 116 Å². The maximum Gasteiger partial charge on any atom is 0.370 e. The minimum Gasteiger partial charge on any atom is -0.480 e. The Bertz CT molecular complexity index is 330. The van der Waals surface area contributed by atoms with Gasteiger partial charge in [0.25, 0.3) is 0 Å². The van der Waals surface area contributed by atoms with Gasteiger partial charge < -0.3 is 20.3 Å². The molecule has 0 bridgehead atoms. The average Bonchev–Trinajstić information content (AvgIpc) is 2.26. The van der Waals surface area contributed by atoms with E-state index < -0.39 is 34.8 Å². The maximum absolute atomic E-state index is 11.4. The van der Waals surface area contributed by atoms with E-state index >= 15 is 0 Å². The summed E-state index contributed by atoms with van der Waals surface area (Å²) in [5.74, 6) is -1.70. The van der Waals surface area contributed by atoms with E-state index in [1.165, 1.54) is 13.8 Å². The largest absolute Gasteiger partial charge is 0.480 e. The normalized spacial score (nSPS) is 12.7. The zero-order valence-corrected chi connectivity index (χ0v) is 11.3. The van der Waals surface area contributed by atoms with Crippen molar-refractivity contribution in [2.24, 2.45) is 5.73 Å². The van der Waals surface area contributed by atoms with E-state index in [-0.39, 0.29) is 6.42 Å². The quantitative estimate of drug-likeness (QED) is 0.545. The third-order valence-corrected chi connectivity index (χ3v) is 3.11. The molecule has 0 saturated carbocycles. The molecule has 0 rings (SSSR count). The molecular weight excluding hydrogens is 262 g/mol. The average molecular weight is 279 g/mol. The Labute approximate surface area is 109 Å². The smallest absolute Gasteiger partial charge is 0.370 e. The first-order chi connectivity index (χ1) is 8.20. The van der Waals surface area contributed by atoms with Gasteiger partial charge in [0.15, 0.2) is 0 Å². The third kappa shape index (κ3) is 5.87. The highest BCUT2D eigenvalue weighted by atomic mass is 32.2. The summed E-state index contributed by atoms with van der Waals surface area (Å²) in [6.07, 6.45) is 0.181. The second-order valence-corrected chi connectivity index (χ2v) is 5.49. The van der Waals surface area contributed by atoms with Gasteiger partial charge in [-0.15, -0.1) is 0 Å². The molecular formula is C10H17NO6S. The zero-order chi connectivity index (χ0) is 14.3. The Morgan fingerprint density at radius 2 is 1.89 bits per heavy atom. The lowest BCUT2D eigenvalue weighted by atomic mass is 10.1. The van der Waals surface area contributed by atoms with Crippen molar-refractivity contribution in [3.8, 4) is 0 Å². The number of carboxylic acid groups (broad SMARTS) is 1. The van der Waals surface area contributed by atoms with Crippen LogP contribution in [-0.4, -0.2) is 39.9 Å². The number of esters is 1. The molecule has 0 radical (unpaired) electrons. The highest BCUT2D eigenvalue weighted by Crippen LogP contribution is 2.29. The van der Waals surface area contributed by atoms with Crippen molar-refractivity contribution in [2.45, 2.75) is 38.0 Å². The monoisotopic (exact) mass is 279 g/mol. The summed E-state index contributed by atoms with van der Waals surface area (Å²) < 4.78 is 8.12. The fourth-order valence-electron chi connectivity index (χ4n) is 0.850. The number of thioether (sulfide) groups is 1. The molecule has 0 heterocycles. The van der Waals surface area contributed by atoms with Crippen molar-refractivity contribution < 1.29 is 29.0 Å². The van der Waals surface area contributed by atoms with Crippen LogP contribution in [0.1, 0.15) is 27.2 Å². The summed E-state index contributed by atoms with van der Waals surface area (Å²) >= 11 is 0.639. The van der Waals surface area contributed by atoms with Gasteiger partial charge in [-0.05, 0) is 25.6 Å². The molecule has 18 heavy (non-hydrogen) atoms. The van der Waals surface area contributed by atoms with Gasteiger partial charge in [-0.2, -0.15) is 0 Å². The van der Waals surface area contributed by atoms with Gasteiger partial charge in [0.1, 0.15) is 6.04 Å². The van der Waals surface area contributed by atoms with Gasteiger partial charge >= 0.3 is 17.2 Å². The molecule has 0 aliphatic rings. The number of carbonyl (C=O) groups is 3. The van der Waals surface area contributed by atoms with Crippen molar-refractivity contribution in [2.75, 3.05) is 6.79 Å². The molecule has 7 nitrogen and oxygen atoms in total. The molecule has 104 valence electrons. The second-order valence-electron chi connectivity index (χ2n) is 3.90. The molecule has 0 fully saturated rings. The summed E-state index contributed by atoms with van der Waals surface area (Å²) in [7, 11) is 0. The van der Waals surface area contributed by atoms with Crippen LogP contribution in [0.25, 0.3) is 0 Å². The third-order valence-electron chi connectivity index (χ3n) is 2.05. The number of carbonyl (C=O) groups excluding carboxylic acids is 2. The molecule has 0 amide bonds. The van der Waals surface area contributed by atoms with Gasteiger partial charge in [0.05, 0.1) is 0 Å². The molecule has 0 aliphatic carbocycles. The lowest BCUT2D eigenvalue weighted by molar-refractivity contribution is -0.150. The minimum absolute atomic E-state index is 0.181. The van der Waals surface area contributed by atoms with Crippen molar-refractivity contribution >= 4 is 29.0 Å². The second kappa shape index (κ2) is 7.22. The van der Waals surface area contributed by atoms with E-state index in [4.69, 9.17) is 10.8 Å². The first-order valence-electron chi connectivity index (χ1n) is 5.20. The predicted octanol–water partition coefficient (Wildman–Crippen LogP) is 0.957. The van der Waals surface area contributed by atoms with E-state index in [2.05, 4.69) is 9.47 Å². The number of carboxylic acids is 1. The molecule has 1 atom stereocenters. The molecule has 0 aliphatic heterocycles. The zero-order valence-electron chi connectivity index (χ0n) is 10.5. The molecule has 3 N–H and O–H groups in total. The van der Waals surface area contributed by atoms with E-state index in [9.17, 15) is 14.4 Å². The number of rotatable bonds is 6. The first-order valence-corrected chi connectivity index (χ1v) is 6.02. The van der Waals surface area contributed by atoms with Crippen LogP contribution in [0.5, 0.6) is 0 Å². The van der Waals surface area contributed by atoms with Crippen LogP contribution >= 0.6 is 11.8 Å². The highest BCUT2D eigenvalue weighted by Gasteiger charge is 2.35. The van der Waals surface area contributed by atoms with Crippen molar-refractivity contribution in [3.63, 3.8) is 0 Å². The van der Waals surface area contributed by atoms with Crippen molar-refractivity contribution in [1.29, 1.82) is 0 Å². The Morgan fingerprint density at radius 3 is 2.33 bits per heavy atom. The van der Waals surface area contributed by atoms with Crippen LogP contribution in [0, 0.1) is 0 Å². The molecule has 0 unspecified atom stereocenters. The summed E-state index contributed by atoms with van der Waals surface area (Å²) in [6.45, 7) is 4.14. The van der Waals surface area contributed by atoms with Gasteiger partial charge in [0, 0.05) is 11.2 Å². The van der Waals surface area contributed by atoms with Gasteiger partial charge in [-0.1, -0.05) is 6.92 Å². The van der Waals surface area contributed by atoms with Crippen LogP contribution < -0.4 is 5.73 Å². The van der Waals surface area contributed by atoms with E-state index in [0.29, 0.717) is 11.8 Å². The van der Waals surface area contributed by atoms with E-state index in [1.807, 2.05) is 0 Å². The van der Waals surface area contributed by atoms with Crippen LogP contribution in [0.4, 0.5) is 4.79 Å². The predicted molar refractivity (Wildman–Crippen MR) is 65.0 cm³/mol. The van der Waals surface area contributed by atoms with Crippen LogP contribution in [0.3, 0.4) is 0 Å². The Hall–Kier alpha value is -1.28. The molecule has 0 aromatic heterocycles. The Morgan fingerprint density at radius 1 is 1.33 bits per heavy atom. The SMILES string of the molecule is CCC(=O)OCOC(=O)SC(C)(C)[C@@H](N)C(=O)O. The number of nitrogens with two attached hydrogens (primary N) is 1. The lowest BCUT2D eigenvalue weighted by Gasteiger charge is -2.26. The van der Waals surface area contributed by atoms with Crippen molar-refractivity contribution in [1.82, 2.24) is 0 Å². The minimum atomic E-state index is -1.21. The summed E-state index contributed by atoms with van der Waals surface area (Å²) in [6, 6.07) is -1.21. The first kappa shape index (κ1) is 16.7. The van der Waals surface area contributed by atoms with Gasteiger partial charge in [0.2, 0.25) is 6.79 Å². The lowest BCUT2D eigenvalue weighted by Crippen LogP contribution is -2.47. The Kier molecular flexibility index (Phi) is 6.71. The molecule has 0 spiro atoms. The fourth-order valence-corrected chi connectivity index (χ4v) is 1.61. The number of hydrogen-bond acceptors (Lipinski definition) is 7. The summed E-state index contributed by atoms with van der Waals surface area (Å²) in [5, 5.41) is 8.00. The molecule has 0 saturated heterocycles. The Balaban J connectivity index is 4.15. The molecule has 0 aromatic rings. The summed E-state index contributed by atoms with van der Waals surface area (Å²) in [5.41, 5.74) is 5.43. The van der Waals surface area contributed by atoms with Crippen LogP contribution in [0.2, 0.25) is 0 Å². The molecule has 0 aromatic carbocycles. The molecule has 8 heteroatoms. The van der Waals surface area contributed by atoms with E-state index in [0.717, 1.165) is 0 Å².